The third kappa shape index (κ3) is 3.39. The molecule has 1 amide bonds. The largest absolute Gasteiger partial charge is 0.388 e. The van der Waals surface area contributed by atoms with Crippen molar-refractivity contribution in [3.05, 3.63) is 35.9 Å². The molecule has 1 aromatic carbocycles. The number of fused-ring (bicyclic) bond motifs is 1. The summed E-state index contributed by atoms with van der Waals surface area (Å²) in [4.78, 5) is 11.4. The van der Waals surface area contributed by atoms with Crippen LogP contribution in [0.5, 0.6) is 0 Å². The molecule has 4 N–H and O–H groups in total. The Balaban J connectivity index is 1.78. The predicted octanol–water partition coefficient (Wildman–Crippen LogP) is 0.0170. The number of aliphatic hydroxyl groups excluding tert-OH is 1. The van der Waals surface area contributed by atoms with Gasteiger partial charge in [0.25, 0.3) is 0 Å². The summed E-state index contributed by atoms with van der Waals surface area (Å²) < 4.78 is 17.3. The summed E-state index contributed by atoms with van der Waals surface area (Å²) in [5.41, 5.74) is 0.836. The second-order valence-corrected chi connectivity index (χ2v) is 5.69. The molecule has 9 heteroatoms. The van der Waals surface area contributed by atoms with Crippen molar-refractivity contribution in [3.8, 4) is 0 Å². The lowest BCUT2D eigenvalue weighted by Gasteiger charge is -2.46. The molecule has 2 heterocycles. The van der Waals surface area contributed by atoms with Gasteiger partial charge in [-0.2, -0.15) is 0 Å². The summed E-state index contributed by atoms with van der Waals surface area (Å²) in [6.07, 6.45) is -3.78. The van der Waals surface area contributed by atoms with Gasteiger partial charge < -0.3 is 30.5 Å². The van der Waals surface area contributed by atoms with E-state index in [9.17, 15) is 9.90 Å². The molecular weight excluding hydrogens is 316 g/mol. The van der Waals surface area contributed by atoms with E-state index in [1.54, 1.807) is 0 Å². The fraction of sp³-hybridized carbons (Fsp3) is 0.533. The van der Waals surface area contributed by atoms with E-state index in [-0.39, 0.29) is 12.5 Å². The van der Waals surface area contributed by atoms with Gasteiger partial charge in [0.15, 0.2) is 12.5 Å². The van der Waals surface area contributed by atoms with Crippen molar-refractivity contribution < 1.29 is 24.1 Å². The highest BCUT2D eigenvalue weighted by Gasteiger charge is 2.50. The number of amides is 1. The molecule has 2 saturated heterocycles. The molecular formula is C15H20N4O5. The maximum atomic E-state index is 11.4. The van der Waals surface area contributed by atoms with Gasteiger partial charge in [0.2, 0.25) is 5.91 Å². The van der Waals surface area contributed by atoms with Crippen LogP contribution in [0.25, 0.3) is 0 Å². The number of hydrogen-bond donors (Lipinski definition) is 3. The minimum atomic E-state index is -1.04. The molecule has 6 unspecified atom stereocenters. The molecule has 2 aliphatic rings. The zero-order chi connectivity index (χ0) is 17.1. The molecule has 0 bridgehead atoms. The van der Waals surface area contributed by atoms with E-state index in [0.29, 0.717) is 0 Å². The van der Waals surface area contributed by atoms with Crippen LogP contribution in [0, 0.1) is 0 Å². The van der Waals surface area contributed by atoms with Crippen LogP contribution >= 0.6 is 0 Å². The highest BCUT2D eigenvalue weighted by atomic mass is 16.7. The van der Waals surface area contributed by atoms with Gasteiger partial charge in [-0.05, 0) is 0 Å². The first-order valence-electron chi connectivity index (χ1n) is 7.63. The lowest BCUT2D eigenvalue weighted by Crippen LogP contribution is -2.65. The van der Waals surface area contributed by atoms with Gasteiger partial charge in [0.1, 0.15) is 24.4 Å². The third-order valence-corrected chi connectivity index (χ3v) is 4.01. The fourth-order valence-electron chi connectivity index (χ4n) is 2.94. The van der Waals surface area contributed by atoms with Crippen molar-refractivity contribution in [3.63, 3.8) is 0 Å². The number of rotatable bonds is 3. The number of carbonyl (C=O) groups is 1. The van der Waals surface area contributed by atoms with Gasteiger partial charge in [0, 0.05) is 12.5 Å². The van der Waals surface area contributed by atoms with Crippen LogP contribution in [0.1, 0.15) is 18.8 Å². The average molecular weight is 336 g/mol. The van der Waals surface area contributed by atoms with Crippen LogP contribution < -0.4 is 11.2 Å². The SMILES string of the molecule is CC(=O)NC1C(N=NN)OC2COC(c3ccccc3)OC2C1O. The minimum absolute atomic E-state index is 0.213. The van der Waals surface area contributed by atoms with Gasteiger partial charge in [-0.3, -0.25) is 4.79 Å². The maximum absolute atomic E-state index is 11.4. The van der Waals surface area contributed by atoms with Crippen molar-refractivity contribution in [1.82, 2.24) is 5.32 Å². The van der Waals surface area contributed by atoms with Crippen LogP contribution in [0.2, 0.25) is 0 Å². The molecule has 2 aliphatic heterocycles. The van der Waals surface area contributed by atoms with E-state index in [0.717, 1.165) is 5.56 Å². The molecule has 6 atom stereocenters. The molecule has 3 rings (SSSR count). The lowest BCUT2D eigenvalue weighted by atomic mass is 9.95. The van der Waals surface area contributed by atoms with Gasteiger partial charge in [-0.1, -0.05) is 35.6 Å². The third-order valence-electron chi connectivity index (χ3n) is 4.01. The lowest BCUT2D eigenvalue weighted by molar-refractivity contribution is -0.314. The molecule has 0 spiro atoms. The van der Waals surface area contributed by atoms with Gasteiger partial charge >= 0.3 is 0 Å². The zero-order valence-electron chi connectivity index (χ0n) is 13.1. The summed E-state index contributed by atoms with van der Waals surface area (Å²) in [5.74, 6) is 4.76. The molecule has 0 aliphatic carbocycles. The van der Waals surface area contributed by atoms with Crippen molar-refractivity contribution >= 4 is 5.91 Å². The van der Waals surface area contributed by atoms with E-state index < -0.39 is 36.9 Å². The van der Waals surface area contributed by atoms with E-state index in [4.69, 9.17) is 20.1 Å². The molecule has 130 valence electrons. The van der Waals surface area contributed by atoms with Gasteiger partial charge in [-0.15, -0.1) is 5.11 Å². The smallest absolute Gasteiger partial charge is 0.217 e. The second-order valence-electron chi connectivity index (χ2n) is 5.69. The zero-order valence-corrected chi connectivity index (χ0v) is 13.1. The van der Waals surface area contributed by atoms with Crippen molar-refractivity contribution in [1.29, 1.82) is 0 Å². The second kappa shape index (κ2) is 7.22. The molecule has 9 nitrogen and oxygen atoms in total. The molecule has 24 heavy (non-hydrogen) atoms. The van der Waals surface area contributed by atoms with Crippen molar-refractivity contribution in [2.45, 2.75) is 43.8 Å². The number of ether oxygens (including phenoxy) is 3. The number of nitrogens with two attached hydrogens (primary N) is 1. The van der Waals surface area contributed by atoms with Crippen LogP contribution in [0.3, 0.4) is 0 Å². The summed E-state index contributed by atoms with van der Waals surface area (Å²) in [5, 5.41) is 20.2. The van der Waals surface area contributed by atoms with Crippen LogP contribution in [0.4, 0.5) is 0 Å². The standard InChI is InChI=1S/C15H20N4O5/c1-8(20)17-11-12(21)13-10(23-14(11)18-19-16)7-22-15(24-13)9-5-3-2-4-6-9/h2-6,10-15,21H,7H2,1H3,(H2,16,18)(H,17,20). The molecule has 1 aromatic rings. The van der Waals surface area contributed by atoms with Crippen LogP contribution in [-0.2, 0) is 19.0 Å². The van der Waals surface area contributed by atoms with E-state index in [1.165, 1.54) is 6.92 Å². The summed E-state index contributed by atoms with van der Waals surface area (Å²) in [6, 6.07) is 8.57. The van der Waals surface area contributed by atoms with Crippen molar-refractivity contribution in [2.75, 3.05) is 6.61 Å². The van der Waals surface area contributed by atoms with Crippen molar-refractivity contribution in [2.24, 2.45) is 16.2 Å². The Labute approximate surface area is 138 Å². The quantitative estimate of drug-likeness (QED) is 0.405. The normalized spacial score (nSPS) is 36.2. The Kier molecular flexibility index (Phi) is 5.05. The Hall–Kier alpha value is -2.07. The van der Waals surface area contributed by atoms with Crippen LogP contribution in [0.15, 0.2) is 40.7 Å². The molecule has 0 radical (unpaired) electrons. The first-order valence-corrected chi connectivity index (χ1v) is 7.63. The number of carbonyl (C=O) groups excluding carboxylic acids is 1. The Morgan fingerprint density at radius 1 is 1.33 bits per heavy atom. The Bertz CT molecular complexity index is 599. The van der Waals surface area contributed by atoms with Crippen LogP contribution in [-0.4, -0.2) is 48.2 Å². The molecule has 0 aromatic heterocycles. The minimum Gasteiger partial charge on any atom is -0.388 e. The van der Waals surface area contributed by atoms with E-state index >= 15 is 0 Å². The maximum Gasteiger partial charge on any atom is 0.217 e. The molecule has 0 saturated carbocycles. The first-order chi connectivity index (χ1) is 11.6. The Morgan fingerprint density at radius 2 is 2.08 bits per heavy atom. The predicted molar refractivity (Wildman–Crippen MR) is 81.3 cm³/mol. The number of hydrogen-bond acceptors (Lipinski definition) is 7. The van der Waals surface area contributed by atoms with Gasteiger partial charge in [-0.25, -0.2) is 0 Å². The highest BCUT2D eigenvalue weighted by molar-refractivity contribution is 5.73. The molecule has 2 fully saturated rings. The number of nitrogens with one attached hydrogen (secondary N) is 1. The van der Waals surface area contributed by atoms with Gasteiger partial charge in [0.05, 0.1) is 6.61 Å². The number of benzene rings is 1. The fourth-order valence-corrected chi connectivity index (χ4v) is 2.94. The summed E-state index contributed by atoms with van der Waals surface area (Å²) in [7, 11) is 0. The average Bonchev–Trinajstić information content (AvgIpc) is 2.59. The summed E-state index contributed by atoms with van der Waals surface area (Å²) >= 11 is 0. The number of nitrogens with zero attached hydrogens (tertiary/aromatic N) is 2. The topological polar surface area (TPSA) is 128 Å². The summed E-state index contributed by atoms with van der Waals surface area (Å²) in [6.45, 7) is 1.55. The highest BCUT2D eigenvalue weighted by Crippen LogP contribution is 2.34. The van der Waals surface area contributed by atoms with E-state index in [1.807, 2.05) is 30.3 Å². The monoisotopic (exact) mass is 336 g/mol. The first kappa shape index (κ1) is 16.8. The van der Waals surface area contributed by atoms with E-state index in [2.05, 4.69) is 15.7 Å². The number of aliphatic hydroxyl groups is 1. The Morgan fingerprint density at radius 3 is 2.75 bits per heavy atom.